The second-order valence-electron chi connectivity index (χ2n) is 3.05. The van der Waals surface area contributed by atoms with Crippen LogP contribution in [-0.4, -0.2) is 22.8 Å². The Bertz CT molecular complexity index is 336. The van der Waals surface area contributed by atoms with E-state index in [0.29, 0.717) is 24.1 Å². The molecule has 0 saturated heterocycles. The molecule has 0 aliphatic heterocycles. The second-order valence-corrected chi connectivity index (χ2v) is 3.05. The first-order valence-electron chi connectivity index (χ1n) is 4.37. The average molecular weight is 195 g/mol. The van der Waals surface area contributed by atoms with E-state index in [2.05, 4.69) is 0 Å². The van der Waals surface area contributed by atoms with E-state index < -0.39 is 5.97 Å². The number of aromatic carboxylic acids is 1. The molecule has 0 amide bonds. The molecule has 0 fully saturated rings. The number of aryl methyl sites for hydroxylation is 1. The number of benzene rings is 1. The van der Waals surface area contributed by atoms with Crippen molar-refractivity contribution in [2.45, 2.75) is 12.8 Å². The largest absolute Gasteiger partial charge is 0.478 e. The Morgan fingerprint density at radius 3 is 2.71 bits per heavy atom. The number of hydrogen-bond donors (Lipinski definition) is 3. The maximum Gasteiger partial charge on any atom is 0.335 e. The van der Waals surface area contributed by atoms with Crippen molar-refractivity contribution in [3.05, 3.63) is 29.3 Å². The van der Waals surface area contributed by atoms with Crippen molar-refractivity contribution < 1.29 is 15.0 Å². The number of nitrogens with two attached hydrogens (primary N) is 1. The van der Waals surface area contributed by atoms with E-state index in [1.807, 2.05) is 0 Å². The molecule has 0 aliphatic carbocycles. The van der Waals surface area contributed by atoms with Crippen LogP contribution in [-0.2, 0) is 6.42 Å². The highest BCUT2D eigenvalue weighted by molar-refractivity contribution is 5.89. The van der Waals surface area contributed by atoms with Crippen LogP contribution < -0.4 is 5.73 Å². The minimum absolute atomic E-state index is 0.0495. The maximum atomic E-state index is 10.8. The van der Waals surface area contributed by atoms with E-state index in [1.165, 1.54) is 6.07 Å². The van der Waals surface area contributed by atoms with Gasteiger partial charge in [-0.1, -0.05) is 0 Å². The molecule has 0 unspecified atom stereocenters. The summed E-state index contributed by atoms with van der Waals surface area (Å²) in [5.74, 6) is -0.960. The lowest BCUT2D eigenvalue weighted by Crippen LogP contribution is -2.04. The van der Waals surface area contributed by atoms with E-state index in [0.717, 1.165) is 0 Å². The first-order valence-corrected chi connectivity index (χ1v) is 4.37. The molecular weight excluding hydrogens is 182 g/mol. The van der Waals surface area contributed by atoms with E-state index in [1.54, 1.807) is 12.1 Å². The molecule has 0 atom stereocenters. The second kappa shape index (κ2) is 4.62. The number of carboxylic acids is 1. The number of aliphatic hydroxyl groups excluding tert-OH is 1. The Kier molecular flexibility index (Phi) is 3.48. The molecule has 14 heavy (non-hydrogen) atoms. The van der Waals surface area contributed by atoms with Gasteiger partial charge in [0.25, 0.3) is 0 Å². The number of anilines is 1. The zero-order valence-electron chi connectivity index (χ0n) is 7.73. The molecule has 4 heteroatoms. The first kappa shape index (κ1) is 10.5. The van der Waals surface area contributed by atoms with Gasteiger partial charge < -0.3 is 15.9 Å². The molecule has 0 bridgehead atoms. The lowest BCUT2D eigenvalue weighted by molar-refractivity contribution is 0.0695. The average Bonchev–Trinajstić information content (AvgIpc) is 2.14. The summed E-state index contributed by atoms with van der Waals surface area (Å²) in [5, 5.41) is 17.5. The highest BCUT2D eigenvalue weighted by Crippen LogP contribution is 2.15. The molecule has 1 aromatic rings. The lowest BCUT2D eigenvalue weighted by atomic mass is 10.0. The fourth-order valence-corrected chi connectivity index (χ4v) is 1.30. The van der Waals surface area contributed by atoms with Crippen LogP contribution in [0.5, 0.6) is 0 Å². The van der Waals surface area contributed by atoms with E-state index >= 15 is 0 Å². The van der Waals surface area contributed by atoms with Gasteiger partial charge in [-0.25, -0.2) is 4.79 Å². The molecule has 0 aliphatic rings. The van der Waals surface area contributed by atoms with Gasteiger partial charge in [-0.15, -0.1) is 0 Å². The Morgan fingerprint density at radius 1 is 1.43 bits per heavy atom. The first-order chi connectivity index (χ1) is 6.65. The van der Waals surface area contributed by atoms with Crippen LogP contribution >= 0.6 is 0 Å². The SMILES string of the molecule is Nc1ccc(C(=O)O)c(CCCO)c1. The Labute approximate surface area is 82.0 Å². The third-order valence-corrected chi connectivity index (χ3v) is 1.96. The zero-order chi connectivity index (χ0) is 10.6. The molecule has 4 nitrogen and oxygen atoms in total. The molecule has 0 saturated carbocycles. The third kappa shape index (κ3) is 2.47. The minimum Gasteiger partial charge on any atom is -0.478 e. The van der Waals surface area contributed by atoms with Crippen LogP contribution in [0.3, 0.4) is 0 Å². The van der Waals surface area contributed by atoms with Crippen LogP contribution in [0.2, 0.25) is 0 Å². The third-order valence-electron chi connectivity index (χ3n) is 1.96. The monoisotopic (exact) mass is 195 g/mol. The van der Waals surface area contributed by atoms with Gasteiger partial charge in [0.2, 0.25) is 0 Å². The molecule has 76 valence electrons. The van der Waals surface area contributed by atoms with Gasteiger partial charge in [-0.05, 0) is 36.6 Å². The maximum absolute atomic E-state index is 10.8. The number of nitrogen functional groups attached to an aromatic ring is 1. The van der Waals surface area contributed by atoms with Crippen molar-refractivity contribution in [1.82, 2.24) is 0 Å². The van der Waals surface area contributed by atoms with Gasteiger partial charge in [0.05, 0.1) is 5.56 Å². The van der Waals surface area contributed by atoms with Crippen molar-refractivity contribution >= 4 is 11.7 Å². The zero-order valence-corrected chi connectivity index (χ0v) is 7.73. The molecule has 4 N–H and O–H groups in total. The quantitative estimate of drug-likeness (QED) is 0.623. The highest BCUT2D eigenvalue weighted by atomic mass is 16.4. The number of hydrogen-bond acceptors (Lipinski definition) is 3. The summed E-state index contributed by atoms with van der Waals surface area (Å²) in [6.45, 7) is 0.0495. The number of carboxylic acid groups (broad SMARTS) is 1. The number of aliphatic hydroxyl groups is 1. The number of rotatable bonds is 4. The fraction of sp³-hybridized carbons (Fsp3) is 0.300. The van der Waals surface area contributed by atoms with E-state index in [-0.39, 0.29) is 12.2 Å². The lowest BCUT2D eigenvalue weighted by Gasteiger charge is -2.05. The molecular formula is C10H13NO3. The van der Waals surface area contributed by atoms with Crippen molar-refractivity contribution in [2.75, 3.05) is 12.3 Å². The fourth-order valence-electron chi connectivity index (χ4n) is 1.30. The Hall–Kier alpha value is -1.55. The van der Waals surface area contributed by atoms with Gasteiger partial charge in [-0.3, -0.25) is 0 Å². The van der Waals surface area contributed by atoms with Gasteiger partial charge >= 0.3 is 5.97 Å². The molecule has 0 spiro atoms. The Balaban J connectivity index is 2.97. The predicted molar refractivity (Wildman–Crippen MR) is 53.2 cm³/mol. The van der Waals surface area contributed by atoms with Gasteiger partial charge in [0.15, 0.2) is 0 Å². The number of carbonyl (C=O) groups is 1. The van der Waals surface area contributed by atoms with E-state index in [4.69, 9.17) is 15.9 Å². The van der Waals surface area contributed by atoms with Crippen molar-refractivity contribution in [3.8, 4) is 0 Å². The normalized spacial score (nSPS) is 10.1. The van der Waals surface area contributed by atoms with Crippen molar-refractivity contribution in [1.29, 1.82) is 0 Å². The topological polar surface area (TPSA) is 83.6 Å². The van der Waals surface area contributed by atoms with Gasteiger partial charge in [-0.2, -0.15) is 0 Å². The van der Waals surface area contributed by atoms with Crippen LogP contribution in [0.1, 0.15) is 22.3 Å². The molecule has 0 radical (unpaired) electrons. The summed E-state index contributed by atoms with van der Waals surface area (Å²) in [5.41, 5.74) is 7.02. The van der Waals surface area contributed by atoms with Crippen LogP contribution in [0, 0.1) is 0 Å². The molecule has 1 aromatic carbocycles. The van der Waals surface area contributed by atoms with Gasteiger partial charge in [0, 0.05) is 12.3 Å². The minimum atomic E-state index is -0.960. The highest BCUT2D eigenvalue weighted by Gasteiger charge is 2.09. The van der Waals surface area contributed by atoms with Crippen molar-refractivity contribution in [3.63, 3.8) is 0 Å². The summed E-state index contributed by atoms with van der Waals surface area (Å²) < 4.78 is 0. The standard InChI is InChI=1S/C10H13NO3/c11-8-3-4-9(10(13)14)7(6-8)2-1-5-12/h3-4,6,12H,1-2,5,11H2,(H,13,14). The Morgan fingerprint density at radius 2 is 2.14 bits per heavy atom. The molecule has 0 aromatic heterocycles. The van der Waals surface area contributed by atoms with Crippen molar-refractivity contribution in [2.24, 2.45) is 0 Å². The molecule has 0 heterocycles. The summed E-state index contributed by atoms with van der Waals surface area (Å²) in [4.78, 5) is 10.8. The van der Waals surface area contributed by atoms with Crippen LogP contribution in [0.15, 0.2) is 18.2 Å². The summed E-state index contributed by atoms with van der Waals surface area (Å²) >= 11 is 0. The van der Waals surface area contributed by atoms with Crippen LogP contribution in [0.4, 0.5) is 5.69 Å². The summed E-state index contributed by atoms with van der Waals surface area (Å²) in [6.07, 6.45) is 1.08. The predicted octanol–water partition coefficient (Wildman–Crippen LogP) is 0.892. The van der Waals surface area contributed by atoms with Gasteiger partial charge in [0.1, 0.15) is 0 Å². The smallest absolute Gasteiger partial charge is 0.335 e. The van der Waals surface area contributed by atoms with E-state index in [9.17, 15) is 4.79 Å². The summed E-state index contributed by atoms with van der Waals surface area (Å²) in [6, 6.07) is 4.69. The molecule has 1 rings (SSSR count). The summed E-state index contributed by atoms with van der Waals surface area (Å²) in [7, 11) is 0. The van der Waals surface area contributed by atoms with Crippen LogP contribution in [0.25, 0.3) is 0 Å².